The number of aromatic nitrogens is 2. The summed E-state index contributed by atoms with van der Waals surface area (Å²) in [5.74, 6) is -1.15. The van der Waals surface area contributed by atoms with Crippen molar-refractivity contribution >= 4 is 28.5 Å². The molecule has 0 saturated carbocycles. The average molecular weight is 362 g/mol. The Morgan fingerprint density at radius 2 is 1.63 bits per heavy atom. The Morgan fingerprint density at radius 3 is 2.37 bits per heavy atom. The van der Waals surface area contributed by atoms with Crippen LogP contribution in [-0.2, 0) is 4.79 Å². The van der Waals surface area contributed by atoms with Crippen LogP contribution < -0.4 is 0 Å². The minimum atomic E-state index is -0.546. The molecule has 1 N–H and O–H groups in total. The lowest BCUT2D eigenvalue weighted by molar-refractivity contribution is -0.127. The number of rotatable bonds is 3. The van der Waals surface area contributed by atoms with Crippen LogP contribution in [0, 0.1) is 0 Å². The number of benzene rings is 1. The highest BCUT2D eigenvalue weighted by molar-refractivity contribution is 6.44. The van der Waals surface area contributed by atoms with Gasteiger partial charge in [-0.25, -0.2) is 0 Å². The molecule has 0 bridgehead atoms. The van der Waals surface area contributed by atoms with Crippen LogP contribution in [0.4, 0.5) is 0 Å². The zero-order chi connectivity index (χ0) is 18.8. The first-order valence-electron chi connectivity index (χ1n) is 8.74. The molecule has 1 aliphatic rings. The second-order valence-corrected chi connectivity index (χ2v) is 6.40. The molecule has 3 heterocycles. The van der Waals surface area contributed by atoms with E-state index in [1.54, 1.807) is 41.7 Å². The topological polar surface area (TPSA) is 86.4 Å². The number of piperazine rings is 1. The Bertz CT molecular complexity index is 1000. The standard InChI is InChI=1S/C20H18N4O3/c25-18(16-12-22-17-13-21-7-6-15(16)17)20(27)24-10-8-23(9-11-24)19(26)14-4-2-1-3-5-14/h1-7,12-13,22H,8-11H2. The number of carbonyl (C=O) groups excluding carboxylic acids is 3. The molecule has 1 fully saturated rings. The third-order valence-corrected chi connectivity index (χ3v) is 4.80. The molecule has 7 nitrogen and oxygen atoms in total. The smallest absolute Gasteiger partial charge is 0.295 e. The van der Waals surface area contributed by atoms with Crippen molar-refractivity contribution in [3.8, 4) is 0 Å². The molecule has 1 aliphatic heterocycles. The highest BCUT2D eigenvalue weighted by Crippen LogP contribution is 2.18. The number of amides is 2. The van der Waals surface area contributed by atoms with Crippen LogP contribution in [0.3, 0.4) is 0 Å². The van der Waals surface area contributed by atoms with E-state index in [1.807, 2.05) is 18.2 Å². The molecular formula is C20H18N4O3. The number of Topliss-reactive ketones (excluding diaryl/α,β-unsaturated/α-hetero) is 1. The lowest BCUT2D eigenvalue weighted by Gasteiger charge is -2.34. The fourth-order valence-corrected chi connectivity index (χ4v) is 3.29. The third-order valence-electron chi connectivity index (χ3n) is 4.80. The van der Waals surface area contributed by atoms with Gasteiger partial charge in [-0.3, -0.25) is 19.4 Å². The van der Waals surface area contributed by atoms with Gasteiger partial charge in [-0.05, 0) is 18.2 Å². The van der Waals surface area contributed by atoms with Crippen LogP contribution in [-0.4, -0.2) is 63.5 Å². The molecule has 4 rings (SSSR count). The summed E-state index contributed by atoms with van der Waals surface area (Å²) in [6.07, 6.45) is 4.75. The summed E-state index contributed by atoms with van der Waals surface area (Å²) in [6, 6.07) is 10.8. The van der Waals surface area contributed by atoms with Gasteiger partial charge in [0, 0.05) is 49.5 Å². The van der Waals surface area contributed by atoms with E-state index in [-0.39, 0.29) is 5.91 Å². The highest BCUT2D eigenvalue weighted by Gasteiger charge is 2.29. The Kier molecular flexibility index (Phi) is 4.42. The zero-order valence-electron chi connectivity index (χ0n) is 14.6. The van der Waals surface area contributed by atoms with Gasteiger partial charge in [-0.1, -0.05) is 18.2 Å². The summed E-state index contributed by atoms with van der Waals surface area (Å²) in [4.78, 5) is 47.9. The molecular weight excluding hydrogens is 344 g/mol. The van der Waals surface area contributed by atoms with Crippen LogP contribution in [0.15, 0.2) is 55.0 Å². The Labute approximate surface area is 155 Å². The number of ketones is 1. The van der Waals surface area contributed by atoms with Crippen LogP contribution in [0.2, 0.25) is 0 Å². The van der Waals surface area contributed by atoms with Crippen LogP contribution >= 0.6 is 0 Å². The fourth-order valence-electron chi connectivity index (χ4n) is 3.29. The maximum Gasteiger partial charge on any atom is 0.295 e. The normalized spacial score (nSPS) is 14.4. The van der Waals surface area contributed by atoms with Gasteiger partial charge in [0.1, 0.15) is 0 Å². The molecule has 3 aromatic rings. The second-order valence-electron chi connectivity index (χ2n) is 6.40. The zero-order valence-corrected chi connectivity index (χ0v) is 14.6. The second kappa shape index (κ2) is 7.03. The van der Waals surface area contributed by atoms with Gasteiger partial charge >= 0.3 is 0 Å². The van der Waals surface area contributed by atoms with E-state index in [9.17, 15) is 14.4 Å². The van der Waals surface area contributed by atoms with Crippen molar-refractivity contribution in [3.05, 3.63) is 66.1 Å². The molecule has 136 valence electrons. The molecule has 2 amide bonds. The first-order valence-corrected chi connectivity index (χ1v) is 8.74. The largest absolute Gasteiger partial charge is 0.359 e. The van der Waals surface area contributed by atoms with Crippen LogP contribution in [0.1, 0.15) is 20.7 Å². The van der Waals surface area contributed by atoms with E-state index in [4.69, 9.17) is 0 Å². The van der Waals surface area contributed by atoms with E-state index in [0.29, 0.717) is 48.2 Å². The molecule has 2 aromatic heterocycles. The predicted molar refractivity (Wildman–Crippen MR) is 99.3 cm³/mol. The van der Waals surface area contributed by atoms with Crippen LogP contribution in [0.25, 0.3) is 10.9 Å². The average Bonchev–Trinajstić information content (AvgIpc) is 3.17. The van der Waals surface area contributed by atoms with Gasteiger partial charge in [0.05, 0.1) is 17.3 Å². The number of nitrogens with one attached hydrogen (secondary N) is 1. The number of carbonyl (C=O) groups is 3. The SMILES string of the molecule is O=C(C(=O)N1CCN(C(=O)c2ccccc2)CC1)c1c[nH]c2cnccc12. The summed E-state index contributed by atoms with van der Waals surface area (Å²) >= 11 is 0. The molecule has 7 heteroatoms. The van der Waals surface area contributed by atoms with E-state index < -0.39 is 11.7 Å². The summed E-state index contributed by atoms with van der Waals surface area (Å²) < 4.78 is 0. The number of H-pyrrole nitrogens is 1. The van der Waals surface area contributed by atoms with E-state index >= 15 is 0 Å². The van der Waals surface area contributed by atoms with Gasteiger partial charge < -0.3 is 14.8 Å². The number of nitrogens with zero attached hydrogens (tertiary/aromatic N) is 3. The van der Waals surface area contributed by atoms with Crippen molar-refractivity contribution in [3.63, 3.8) is 0 Å². The third kappa shape index (κ3) is 3.19. The minimum Gasteiger partial charge on any atom is -0.359 e. The van der Waals surface area contributed by atoms with Gasteiger partial charge in [-0.15, -0.1) is 0 Å². The van der Waals surface area contributed by atoms with Gasteiger partial charge in [0.2, 0.25) is 0 Å². The number of pyridine rings is 1. The quantitative estimate of drug-likeness (QED) is 0.568. The first kappa shape index (κ1) is 17.0. The van der Waals surface area contributed by atoms with Crippen molar-refractivity contribution in [1.29, 1.82) is 0 Å². The number of hydrogen-bond donors (Lipinski definition) is 1. The van der Waals surface area contributed by atoms with E-state index in [1.165, 1.54) is 4.90 Å². The van der Waals surface area contributed by atoms with Crippen LogP contribution in [0.5, 0.6) is 0 Å². The van der Waals surface area contributed by atoms with Gasteiger partial charge in [0.25, 0.3) is 17.6 Å². The van der Waals surface area contributed by atoms with Crippen molar-refractivity contribution in [2.75, 3.05) is 26.2 Å². The maximum atomic E-state index is 12.6. The fraction of sp³-hybridized carbons (Fsp3) is 0.200. The molecule has 27 heavy (non-hydrogen) atoms. The minimum absolute atomic E-state index is 0.0573. The summed E-state index contributed by atoms with van der Waals surface area (Å²) in [6.45, 7) is 1.50. The molecule has 1 aromatic carbocycles. The molecule has 0 radical (unpaired) electrons. The van der Waals surface area contributed by atoms with Crippen molar-refractivity contribution in [2.45, 2.75) is 0 Å². The van der Waals surface area contributed by atoms with Crippen molar-refractivity contribution < 1.29 is 14.4 Å². The summed E-state index contributed by atoms with van der Waals surface area (Å²) in [5.41, 5.74) is 1.69. The maximum absolute atomic E-state index is 12.6. The van der Waals surface area contributed by atoms with E-state index in [2.05, 4.69) is 9.97 Å². The van der Waals surface area contributed by atoms with E-state index in [0.717, 1.165) is 0 Å². The number of hydrogen-bond acceptors (Lipinski definition) is 4. The lowest BCUT2D eigenvalue weighted by atomic mass is 10.1. The monoisotopic (exact) mass is 362 g/mol. The lowest BCUT2D eigenvalue weighted by Crippen LogP contribution is -2.52. The molecule has 0 atom stereocenters. The highest BCUT2D eigenvalue weighted by atomic mass is 16.2. The predicted octanol–water partition coefficient (Wildman–Crippen LogP) is 1.73. The molecule has 0 spiro atoms. The first-order chi connectivity index (χ1) is 13.1. The number of aromatic amines is 1. The Hall–Kier alpha value is -3.48. The summed E-state index contributed by atoms with van der Waals surface area (Å²) in [7, 11) is 0. The van der Waals surface area contributed by atoms with Gasteiger partial charge in [-0.2, -0.15) is 0 Å². The molecule has 1 saturated heterocycles. The Balaban J connectivity index is 1.43. The Morgan fingerprint density at radius 1 is 0.926 bits per heavy atom. The molecule has 0 aliphatic carbocycles. The number of fused-ring (bicyclic) bond motifs is 1. The molecule has 0 unspecified atom stereocenters. The summed E-state index contributed by atoms with van der Waals surface area (Å²) in [5, 5.41) is 0.682. The van der Waals surface area contributed by atoms with Crippen molar-refractivity contribution in [1.82, 2.24) is 19.8 Å². The van der Waals surface area contributed by atoms with Gasteiger partial charge in [0.15, 0.2) is 0 Å². The van der Waals surface area contributed by atoms with Crippen molar-refractivity contribution in [2.24, 2.45) is 0 Å².